The normalized spacial score (nSPS) is 20.0. The van der Waals surface area contributed by atoms with Crippen LogP contribution < -0.4 is 5.73 Å². The van der Waals surface area contributed by atoms with E-state index in [1.54, 1.807) is 0 Å². The summed E-state index contributed by atoms with van der Waals surface area (Å²) >= 11 is 0. The van der Waals surface area contributed by atoms with Crippen LogP contribution in [0.15, 0.2) is 30.5 Å². The average Bonchev–Trinajstić information content (AvgIpc) is 3.44. The number of amides is 2. The van der Waals surface area contributed by atoms with Crippen molar-refractivity contribution in [3.63, 3.8) is 0 Å². The molecule has 10 heteroatoms. The van der Waals surface area contributed by atoms with E-state index in [9.17, 15) is 22.8 Å². The van der Waals surface area contributed by atoms with Crippen LogP contribution in [-0.2, 0) is 15.7 Å². The van der Waals surface area contributed by atoms with Crippen LogP contribution in [0.1, 0.15) is 40.4 Å². The Morgan fingerprint density at radius 1 is 1.24 bits per heavy atom. The lowest BCUT2D eigenvalue weighted by molar-refractivity contribution is -0.137. The maximum atomic E-state index is 13.1. The molecule has 1 aliphatic heterocycles. The van der Waals surface area contributed by atoms with Gasteiger partial charge in [-0.25, -0.2) is 4.68 Å². The molecule has 154 valence electrons. The number of alkyl halides is 3. The standard InChI is InChI=1S/C19H19F3N4O3/c20-19(21,22)12-2-1-3-13(8-12)26-16(11-4-5-11)14(9-24-26)18(28)25-6-7-29-15(10-25)17(23)27/h1-3,8-9,11,15H,4-7,10H2,(H2,23,27). The Morgan fingerprint density at radius 3 is 2.66 bits per heavy atom. The molecule has 29 heavy (non-hydrogen) atoms. The van der Waals surface area contributed by atoms with Gasteiger partial charge < -0.3 is 15.4 Å². The van der Waals surface area contributed by atoms with Crippen molar-refractivity contribution in [2.45, 2.75) is 31.0 Å². The molecule has 1 aliphatic carbocycles. The van der Waals surface area contributed by atoms with Crippen molar-refractivity contribution in [2.24, 2.45) is 5.73 Å². The number of halogens is 3. The summed E-state index contributed by atoms with van der Waals surface area (Å²) in [5, 5.41) is 4.22. The molecule has 2 aliphatic rings. The van der Waals surface area contributed by atoms with Gasteiger partial charge >= 0.3 is 6.18 Å². The summed E-state index contributed by atoms with van der Waals surface area (Å²) < 4.78 is 46.0. The number of aromatic nitrogens is 2. The number of ether oxygens (including phenoxy) is 1. The summed E-state index contributed by atoms with van der Waals surface area (Å²) in [7, 11) is 0. The molecule has 0 spiro atoms. The molecule has 7 nitrogen and oxygen atoms in total. The lowest BCUT2D eigenvalue weighted by Crippen LogP contribution is -2.50. The van der Waals surface area contributed by atoms with E-state index in [4.69, 9.17) is 10.5 Å². The molecular weight excluding hydrogens is 389 g/mol. The van der Waals surface area contributed by atoms with Crippen LogP contribution in [0.3, 0.4) is 0 Å². The number of hydrogen-bond acceptors (Lipinski definition) is 4. The van der Waals surface area contributed by atoms with Gasteiger partial charge in [-0.1, -0.05) is 6.07 Å². The van der Waals surface area contributed by atoms with E-state index in [0.29, 0.717) is 17.8 Å². The molecule has 1 saturated heterocycles. The molecule has 2 aromatic rings. The number of morpholine rings is 1. The SMILES string of the molecule is NC(=O)C1CN(C(=O)c2cnn(-c3cccc(C(F)(F)F)c3)c2C2CC2)CCO1. The molecule has 2 heterocycles. The smallest absolute Gasteiger partial charge is 0.367 e. The van der Waals surface area contributed by atoms with Crippen LogP contribution in [0.4, 0.5) is 13.2 Å². The van der Waals surface area contributed by atoms with Crippen molar-refractivity contribution in [1.82, 2.24) is 14.7 Å². The number of hydrogen-bond donors (Lipinski definition) is 1. The highest BCUT2D eigenvalue weighted by atomic mass is 19.4. The van der Waals surface area contributed by atoms with E-state index in [0.717, 1.165) is 25.0 Å². The van der Waals surface area contributed by atoms with Gasteiger partial charge in [-0.3, -0.25) is 9.59 Å². The van der Waals surface area contributed by atoms with Crippen molar-refractivity contribution in [1.29, 1.82) is 0 Å². The van der Waals surface area contributed by atoms with Gasteiger partial charge in [-0.2, -0.15) is 18.3 Å². The highest BCUT2D eigenvalue weighted by molar-refractivity contribution is 5.96. The van der Waals surface area contributed by atoms with Gasteiger partial charge in [0.25, 0.3) is 5.91 Å². The largest absolute Gasteiger partial charge is 0.416 e. The number of primary amides is 1. The molecule has 1 saturated carbocycles. The van der Waals surface area contributed by atoms with Crippen molar-refractivity contribution in [2.75, 3.05) is 19.7 Å². The van der Waals surface area contributed by atoms with E-state index < -0.39 is 23.8 Å². The quantitative estimate of drug-likeness (QED) is 0.839. The van der Waals surface area contributed by atoms with Gasteiger partial charge in [0.2, 0.25) is 5.91 Å². The number of nitrogens with zero attached hydrogens (tertiary/aromatic N) is 3. The van der Waals surface area contributed by atoms with E-state index in [2.05, 4.69) is 5.10 Å². The lowest BCUT2D eigenvalue weighted by atomic mass is 10.1. The van der Waals surface area contributed by atoms with Crippen LogP contribution in [0, 0.1) is 0 Å². The van der Waals surface area contributed by atoms with E-state index in [1.807, 2.05) is 0 Å². The van der Waals surface area contributed by atoms with Crippen molar-refractivity contribution in [3.8, 4) is 5.69 Å². The maximum Gasteiger partial charge on any atom is 0.416 e. The Balaban J connectivity index is 1.68. The molecule has 2 fully saturated rings. The zero-order valence-corrected chi connectivity index (χ0v) is 15.4. The zero-order chi connectivity index (χ0) is 20.8. The fraction of sp³-hybridized carbons (Fsp3) is 0.421. The average molecular weight is 408 g/mol. The summed E-state index contributed by atoms with van der Waals surface area (Å²) in [6.45, 7) is 0.508. The number of rotatable bonds is 4. The predicted octanol–water partition coefficient (Wildman–Crippen LogP) is 2.09. The number of nitrogens with two attached hydrogens (primary N) is 1. The first kappa shape index (κ1) is 19.4. The second-order valence-corrected chi connectivity index (χ2v) is 7.19. The summed E-state index contributed by atoms with van der Waals surface area (Å²) in [6, 6.07) is 4.86. The minimum Gasteiger partial charge on any atom is -0.367 e. The molecule has 1 aromatic heterocycles. The van der Waals surface area contributed by atoms with E-state index in [-0.39, 0.29) is 30.7 Å². The lowest BCUT2D eigenvalue weighted by Gasteiger charge is -2.31. The monoisotopic (exact) mass is 408 g/mol. The van der Waals surface area contributed by atoms with Gasteiger partial charge in [-0.15, -0.1) is 0 Å². The first-order valence-corrected chi connectivity index (χ1v) is 9.21. The van der Waals surface area contributed by atoms with Gasteiger partial charge in [-0.05, 0) is 31.0 Å². The molecule has 2 amide bonds. The highest BCUT2D eigenvalue weighted by Crippen LogP contribution is 2.43. The predicted molar refractivity (Wildman–Crippen MR) is 95.4 cm³/mol. The molecule has 4 rings (SSSR count). The first-order chi connectivity index (χ1) is 13.8. The maximum absolute atomic E-state index is 13.1. The van der Waals surface area contributed by atoms with Crippen molar-refractivity contribution < 1.29 is 27.5 Å². The Kier molecular flexibility index (Phi) is 4.81. The minimum atomic E-state index is -4.47. The highest BCUT2D eigenvalue weighted by Gasteiger charge is 2.37. The van der Waals surface area contributed by atoms with Gasteiger partial charge in [0.05, 0.1) is 41.9 Å². The van der Waals surface area contributed by atoms with Crippen molar-refractivity contribution >= 4 is 11.8 Å². The fourth-order valence-electron chi connectivity index (χ4n) is 3.47. The number of carbonyl (C=O) groups is 2. The first-order valence-electron chi connectivity index (χ1n) is 9.21. The Morgan fingerprint density at radius 2 is 2.00 bits per heavy atom. The topological polar surface area (TPSA) is 90.5 Å². The summed E-state index contributed by atoms with van der Waals surface area (Å²) in [5.74, 6) is -0.928. The third-order valence-corrected chi connectivity index (χ3v) is 5.09. The summed E-state index contributed by atoms with van der Waals surface area (Å²) in [4.78, 5) is 25.9. The zero-order valence-electron chi connectivity index (χ0n) is 15.4. The second kappa shape index (κ2) is 7.18. The molecule has 0 bridgehead atoms. The van der Waals surface area contributed by atoms with Gasteiger partial charge in [0.1, 0.15) is 0 Å². The molecule has 0 radical (unpaired) electrons. The van der Waals surface area contributed by atoms with E-state index >= 15 is 0 Å². The van der Waals surface area contributed by atoms with Crippen LogP contribution in [0.5, 0.6) is 0 Å². The number of benzene rings is 1. The Labute approximate surface area is 164 Å². The molecule has 1 atom stereocenters. The second-order valence-electron chi connectivity index (χ2n) is 7.19. The third kappa shape index (κ3) is 3.84. The van der Waals surface area contributed by atoms with Crippen LogP contribution >= 0.6 is 0 Å². The van der Waals surface area contributed by atoms with E-state index in [1.165, 1.54) is 27.9 Å². The third-order valence-electron chi connectivity index (χ3n) is 5.09. The summed E-state index contributed by atoms with van der Waals surface area (Å²) in [6.07, 6.45) is -2.31. The fourth-order valence-corrected chi connectivity index (χ4v) is 3.47. The van der Waals surface area contributed by atoms with Crippen LogP contribution in [0.25, 0.3) is 5.69 Å². The van der Waals surface area contributed by atoms with Gasteiger partial charge in [0.15, 0.2) is 6.10 Å². The van der Waals surface area contributed by atoms with Crippen LogP contribution in [0.2, 0.25) is 0 Å². The Hall–Kier alpha value is -2.88. The van der Waals surface area contributed by atoms with Crippen molar-refractivity contribution in [3.05, 3.63) is 47.3 Å². The number of carbonyl (C=O) groups excluding carboxylic acids is 2. The molecule has 1 aromatic carbocycles. The molecule has 1 unspecified atom stereocenters. The Bertz CT molecular complexity index is 952. The minimum absolute atomic E-state index is 0.0347. The molecule has 2 N–H and O–H groups in total. The molecular formula is C19H19F3N4O3. The van der Waals surface area contributed by atoms with Gasteiger partial charge in [0, 0.05) is 12.5 Å². The summed E-state index contributed by atoms with van der Waals surface area (Å²) in [5.41, 5.74) is 5.67. The van der Waals surface area contributed by atoms with Crippen LogP contribution in [-0.4, -0.2) is 52.3 Å².